The van der Waals surface area contributed by atoms with Crippen molar-refractivity contribution < 1.29 is 9.59 Å². The second kappa shape index (κ2) is 5.69. The lowest BCUT2D eigenvalue weighted by Crippen LogP contribution is -2.29. The third-order valence-electron chi connectivity index (χ3n) is 3.12. The van der Waals surface area contributed by atoms with Crippen LogP contribution >= 0.6 is 0 Å². The molecule has 0 radical (unpaired) electrons. The quantitative estimate of drug-likeness (QED) is 0.836. The van der Waals surface area contributed by atoms with Gasteiger partial charge in [-0.05, 0) is 12.5 Å². The van der Waals surface area contributed by atoms with Crippen molar-refractivity contribution in [2.24, 2.45) is 7.05 Å². The minimum atomic E-state index is -0.0731. The number of fused-ring (bicyclic) bond motifs is 1. The van der Waals surface area contributed by atoms with Gasteiger partial charge in [0.15, 0.2) is 5.78 Å². The lowest BCUT2D eigenvalue weighted by Gasteiger charge is -2.02. The first-order chi connectivity index (χ1) is 9.13. The lowest BCUT2D eigenvalue weighted by atomic mass is 10.1. The Bertz CT molecular complexity index is 614. The molecule has 1 amide bonds. The van der Waals surface area contributed by atoms with Gasteiger partial charge in [0.2, 0.25) is 5.91 Å². The highest BCUT2D eigenvalue weighted by molar-refractivity contribution is 6.09. The van der Waals surface area contributed by atoms with Gasteiger partial charge in [0.1, 0.15) is 0 Å². The molecule has 0 aliphatic carbocycles. The maximum absolute atomic E-state index is 12.2. The predicted molar refractivity (Wildman–Crippen MR) is 75.2 cm³/mol. The molecule has 19 heavy (non-hydrogen) atoms. The van der Waals surface area contributed by atoms with Crippen LogP contribution in [-0.2, 0) is 11.8 Å². The number of para-hydroxylation sites is 1. The Morgan fingerprint density at radius 2 is 2.00 bits per heavy atom. The molecule has 0 saturated heterocycles. The number of amides is 1. The summed E-state index contributed by atoms with van der Waals surface area (Å²) in [4.78, 5) is 23.5. The topological polar surface area (TPSA) is 51.1 Å². The highest BCUT2D eigenvalue weighted by Crippen LogP contribution is 2.20. The number of aromatic nitrogens is 1. The fourth-order valence-corrected chi connectivity index (χ4v) is 2.15. The number of carbonyl (C=O) groups excluding carboxylic acids is 2. The van der Waals surface area contributed by atoms with Gasteiger partial charge in [0.05, 0.1) is 6.54 Å². The van der Waals surface area contributed by atoms with Crippen LogP contribution in [0.1, 0.15) is 30.1 Å². The molecule has 100 valence electrons. The second-order valence-electron chi connectivity index (χ2n) is 4.62. The first-order valence-electron chi connectivity index (χ1n) is 6.47. The first-order valence-corrected chi connectivity index (χ1v) is 6.47. The van der Waals surface area contributed by atoms with Crippen LogP contribution < -0.4 is 5.32 Å². The Morgan fingerprint density at radius 3 is 2.74 bits per heavy atom. The summed E-state index contributed by atoms with van der Waals surface area (Å²) in [6, 6.07) is 7.76. The number of Topliss-reactive ketones (excluding diaryl/α,β-unsaturated/α-hetero) is 1. The predicted octanol–water partition coefficient (Wildman–Crippen LogP) is 2.28. The Kier molecular flexibility index (Phi) is 4.00. The second-order valence-corrected chi connectivity index (χ2v) is 4.62. The molecule has 0 saturated carbocycles. The SMILES string of the molecule is CCCC(=O)NCC(=O)c1cn(C)c2ccccc12. The van der Waals surface area contributed by atoms with Crippen LogP contribution in [0.2, 0.25) is 0 Å². The van der Waals surface area contributed by atoms with Crippen LogP contribution in [0.3, 0.4) is 0 Å². The summed E-state index contributed by atoms with van der Waals surface area (Å²) in [7, 11) is 1.91. The highest BCUT2D eigenvalue weighted by Gasteiger charge is 2.14. The normalized spacial score (nSPS) is 10.6. The van der Waals surface area contributed by atoms with Crippen molar-refractivity contribution in [1.29, 1.82) is 0 Å². The van der Waals surface area contributed by atoms with E-state index in [2.05, 4.69) is 5.32 Å². The van der Waals surface area contributed by atoms with E-state index >= 15 is 0 Å². The molecule has 0 atom stereocenters. The molecule has 0 aliphatic rings. The fourth-order valence-electron chi connectivity index (χ4n) is 2.15. The fraction of sp³-hybridized carbons (Fsp3) is 0.333. The van der Waals surface area contributed by atoms with E-state index in [4.69, 9.17) is 0 Å². The monoisotopic (exact) mass is 258 g/mol. The van der Waals surface area contributed by atoms with Gasteiger partial charge in [-0.3, -0.25) is 9.59 Å². The summed E-state index contributed by atoms with van der Waals surface area (Å²) in [5.41, 5.74) is 1.68. The van der Waals surface area contributed by atoms with Crippen LogP contribution in [0.4, 0.5) is 0 Å². The van der Waals surface area contributed by atoms with E-state index < -0.39 is 0 Å². The van der Waals surface area contributed by atoms with Crippen molar-refractivity contribution in [3.8, 4) is 0 Å². The van der Waals surface area contributed by atoms with E-state index in [0.29, 0.717) is 12.0 Å². The number of hydrogen-bond donors (Lipinski definition) is 1. The van der Waals surface area contributed by atoms with E-state index in [-0.39, 0.29) is 18.2 Å². The molecular weight excluding hydrogens is 240 g/mol. The van der Waals surface area contributed by atoms with Crippen molar-refractivity contribution >= 4 is 22.6 Å². The van der Waals surface area contributed by atoms with Gasteiger partial charge in [0, 0.05) is 36.1 Å². The van der Waals surface area contributed by atoms with Gasteiger partial charge < -0.3 is 9.88 Å². The Morgan fingerprint density at radius 1 is 1.26 bits per heavy atom. The molecule has 0 spiro atoms. The van der Waals surface area contributed by atoms with Crippen molar-refractivity contribution in [3.05, 3.63) is 36.0 Å². The van der Waals surface area contributed by atoms with Crippen LogP contribution in [0, 0.1) is 0 Å². The van der Waals surface area contributed by atoms with Crippen molar-refractivity contribution in [2.75, 3.05) is 6.54 Å². The van der Waals surface area contributed by atoms with E-state index in [0.717, 1.165) is 17.3 Å². The zero-order chi connectivity index (χ0) is 13.8. The van der Waals surface area contributed by atoms with E-state index in [9.17, 15) is 9.59 Å². The third kappa shape index (κ3) is 2.84. The number of nitrogens with one attached hydrogen (secondary N) is 1. The molecule has 2 aromatic rings. The number of benzene rings is 1. The summed E-state index contributed by atoms with van der Waals surface area (Å²) in [6.45, 7) is 2.00. The molecule has 0 bridgehead atoms. The van der Waals surface area contributed by atoms with E-state index in [1.807, 2.05) is 49.0 Å². The van der Waals surface area contributed by atoms with E-state index in [1.54, 1.807) is 0 Å². The minimum absolute atomic E-state index is 0.0544. The first kappa shape index (κ1) is 13.3. The zero-order valence-electron chi connectivity index (χ0n) is 11.3. The largest absolute Gasteiger partial charge is 0.350 e. The van der Waals surface area contributed by atoms with Crippen LogP contribution in [-0.4, -0.2) is 22.8 Å². The Balaban J connectivity index is 2.16. The van der Waals surface area contributed by atoms with Gasteiger partial charge in [-0.1, -0.05) is 25.1 Å². The summed E-state index contributed by atoms with van der Waals surface area (Å²) in [6.07, 6.45) is 3.07. The Hall–Kier alpha value is -2.10. The van der Waals surface area contributed by atoms with Crippen LogP contribution in [0.5, 0.6) is 0 Å². The van der Waals surface area contributed by atoms with Gasteiger partial charge >= 0.3 is 0 Å². The highest BCUT2D eigenvalue weighted by atomic mass is 16.2. The average Bonchev–Trinajstić information content (AvgIpc) is 2.75. The van der Waals surface area contributed by atoms with Crippen molar-refractivity contribution in [3.63, 3.8) is 0 Å². The number of hydrogen-bond acceptors (Lipinski definition) is 2. The molecule has 0 unspecified atom stereocenters. The number of nitrogens with zero attached hydrogens (tertiary/aromatic N) is 1. The summed E-state index contributed by atoms with van der Waals surface area (Å²) in [5.74, 6) is -0.127. The molecule has 4 nitrogen and oxygen atoms in total. The summed E-state index contributed by atoms with van der Waals surface area (Å²) >= 11 is 0. The average molecular weight is 258 g/mol. The molecule has 2 rings (SSSR count). The van der Waals surface area contributed by atoms with Crippen LogP contribution in [0.15, 0.2) is 30.5 Å². The third-order valence-corrected chi connectivity index (χ3v) is 3.12. The molecule has 1 aromatic heterocycles. The summed E-state index contributed by atoms with van der Waals surface area (Å²) in [5, 5.41) is 3.59. The molecule has 1 aromatic carbocycles. The number of aryl methyl sites for hydroxylation is 1. The zero-order valence-corrected chi connectivity index (χ0v) is 11.3. The number of rotatable bonds is 5. The maximum Gasteiger partial charge on any atom is 0.220 e. The van der Waals surface area contributed by atoms with Gasteiger partial charge in [-0.2, -0.15) is 0 Å². The Labute approximate surface area is 112 Å². The summed E-state index contributed by atoms with van der Waals surface area (Å²) < 4.78 is 1.93. The lowest BCUT2D eigenvalue weighted by molar-refractivity contribution is -0.120. The smallest absolute Gasteiger partial charge is 0.220 e. The molecule has 4 heteroatoms. The molecule has 1 N–H and O–H groups in total. The molecule has 1 heterocycles. The van der Waals surface area contributed by atoms with Crippen molar-refractivity contribution in [2.45, 2.75) is 19.8 Å². The maximum atomic E-state index is 12.2. The van der Waals surface area contributed by atoms with Crippen LogP contribution in [0.25, 0.3) is 10.9 Å². The molecule has 0 aliphatic heterocycles. The van der Waals surface area contributed by atoms with E-state index in [1.165, 1.54) is 0 Å². The van der Waals surface area contributed by atoms with Gasteiger partial charge in [0.25, 0.3) is 0 Å². The van der Waals surface area contributed by atoms with Crippen molar-refractivity contribution in [1.82, 2.24) is 9.88 Å². The molecular formula is C15H18N2O2. The number of ketones is 1. The standard InChI is InChI=1S/C15H18N2O2/c1-3-6-15(19)16-9-14(18)12-10-17(2)13-8-5-4-7-11(12)13/h4-5,7-8,10H,3,6,9H2,1-2H3,(H,16,19). The number of carbonyl (C=O) groups is 2. The van der Waals surface area contributed by atoms with Gasteiger partial charge in [-0.15, -0.1) is 0 Å². The minimum Gasteiger partial charge on any atom is -0.350 e. The van der Waals surface area contributed by atoms with Gasteiger partial charge in [-0.25, -0.2) is 0 Å². The molecule has 0 fully saturated rings.